The highest BCUT2D eigenvalue weighted by atomic mass is 16.5. The molecule has 1 aromatic rings. The highest BCUT2D eigenvalue weighted by molar-refractivity contribution is 5.74. The average molecular weight is 280 g/mol. The smallest absolute Gasteiger partial charge is 0.317 e. The van der Waals surface area contributed by atoms with Gasteiger partial charge < -0.3 is 20.1 Å². The van der Waals surface area contributed by atoms with Crippen molar-refractivity contribution in [1.82, 2.24) is 10.2 Å². The van der Waals surface area contributed by atoms with Crippen LogP contribution in [-0.4, -0.2) is 48.4 Å². The molecule has 0 bridgehead atoms. The predicted molar refractivity (Wildman–Crippen MR) is 78.4 cm³/mol. The van der Waals surface area contributed by atoms with E-state index in [9.17, 15) is 9.90 Å². The van der Waals surface area contributed by atoms with E-state index in [1.807, 2.05) is 44.2 Å². The number of urea groups is 1. The van der Waals surface area contributed by atoms with Crippen LogP contribution in [0.1, 0.15) is 19.4 Å². The minimum atomic E-state index is -0.693. The van der Waals surface area contributed by atoms with Crippen molar-refractivity contribution in [3.63, 3.8) is 0 Å². The Kier molecular flexibility index (Phi) is 7.04. The molecule has 5 nitrogen and oxygen atoms in total. The number of amides is 2. The van der Waals surface area contributed by atoms with Crippen molar-refractivity contribution in [1.29, 1.82) is 0 Å². The number of hydrogen-bond donors (Lipinski definition) is 2. The van der Waals surface area contributed by atoms with E-state index in [4.69, 9.17) is 4.74 Å². The van der Waals surface area contributed by atoms with Crippen LogP contribution in [0.5, 0.6) is 0 Å². The maximum Gasteiger partial charge on any atom is 0.317 e. The zero-order valence-electron chi connectivity index (χ0n) is 12.4. The Balaban J connectivity index is 2.22. The van der Waals surface area contributed by atoms with Crippen LogP contribution < -0.4 is 5.32 Å². The van der Waals surface area contributed by atoms with E-state index in [1.165, 1.54) is 4.90 Å². The zero-order chi connectivity index (χ0) is 15.0. The fourth-order valence-electron chi connectivity index (χ4n) is 1.70. The van der Waals surface area contributed by atoms with E-state index in [0.29, 0.717) is 6.61 Å². The van der Waals surface area contributed by atoms with Gasteiger partial charge in [-0.2, -0.15) is 0 Å². The Morgan fingerprint density at radius 2 is 2.00 bits per heavy atom. The number of nitrogens with one attached hydrogen (secondary N) is 1. The van der Waals surface area contributed by atoms with Gasteiger partial charge in [-0.15, -0.1) is 0 Å². The summed E-state index contributed by atoms with van der Waals surface area (Å²) in [5.41, 5.74) is 1.06. The summed E-state index contributed by atoms with van der Waals surface area (Å²) >= 11 is 0. The fourth-order valence-corrected chi connectivity index (χ4v) is 1.70. The van der Waals surface area contributed by atoms with Gasteiger partial charge in [0.05, 0.1) is 25.9 Å². The molecule has 1 rings (SSSR count). The Bertz CT molecular complexity index is 395. The molecule has 0 aliphatic carbocycles. The summed E-state index contributed by atoms with van der Waals surface area (Å²) in [6, 6.07) is 9.65. The lowest BCUT2D eigenvalue weighted by Crippen LogP contribution is -2.44. The lowest BCUT2D eigenvalue weighted by Gasteiger charge is -2.22. The largest absolute Gasteiger partial charge is 0.389 e. The van der Waals surface area contributed by atoms with Crippen molar-refractivity contribution in [3.05, 3.63) is 35.9 Å². The van der Waals surface area contributed by atoms with Gasteiger partial charge in [0.25, 0.3) is 0 Å². The summed E-state index contributed by atoms with van der Waals surface area (Å²) < 4.78 is 5.43. The molecular formula is C15H24N2O3. The molecule has 1 unspecified atom stereocenters. The molecular weight excluding hydrogens is 256 g/mol. The molecule has 0 saturated carbocycles. The molecule has 20 heavy (non-hydrogen) atoms. The van der Waals surface area contributed by atoms with Crippen LogP contribution >= 0.6 is 0 Å². The maximum absolute atomic E-state index is 11.6. The standard InChI is InChI=1S/C15H24N2O3/c1-12(2)16-15(19)17(3)9-14(18)11-20-10-13-7-5-4-6-8-13/h4-8,12,14,18H,9-11H2,1-3H3,(H,16,19). The summed E-state index contributed by atoms with van der Waals surface area (Å²) in [6.07, 6.45) is -0.693. The first-order valence-corrected chi connectivity index (χ1v) is 6.80. The van der Waals surface area contributed by atoms with Crippen molar-refractivity contribution in [2.75, 3.05) is 20.2 Å². The molecule has 5 heteroatoms. The molecule has 0 aromatic heterocycles. The molecule has 0 spiro atoms. The van der Waals surface area contributed by atoms with E-state index >= 15 is 0 Å². The van der Waals surface area contributed by atoms with E-state index in [0.717, 1.165) is 5.56 Å². The molecule has 0 aliphatic heterocycles. The van der Waals surface area contributed by atoms with E-state index < -0.39 is 6.10 Å². The second-order valence-electron chi connectivity index (χ2n) is 5.14. The Morgan fingerprint density at radius 1 is 1.35 bits per heavy atom. The van der Waals surface area contributed by atoms with Crippen molar-refractivity contribution in [2.45, 2.75) is 32.6 Å². The van der Waals surface area contributed by atoms with Crippen molar-refractivity contribution >= 4 is 6.03 Å². The number of hydrogen-bond acceptors (Lipinski definition) is 3. The van der Waals surface area contributed by atoms with Gasteiger partial charge in [-0.1, -0.05) is 30.3 Å². The monoisotopic (exact) mass is 280 g/mol. The third-order valence-corrected chi connectivity index (χ3v) is 2.67. The highest BCUT2D eigenvalue weighted by Gasteiger charge is 2.14. The van der Waals surface area contributed by atoms with Crippen LogP contribution in [0.15, 0.2) is 30.3 Å². The number of benzene rings is 1. The van der Waals surface area contributed by atoms with Gasteiger partial charge in [0.1, 0.15) is 0 Å². The van der Waals surface area contributed by atoms with Gasteiger partial charge in [-0.25, -0.2) is 4.79 Å². The molecule has 2 amide bonds. The van der Waals surface area contributed by atoms with E-state index in [-0.39, 0.29) is 25.2 Å². The van der Waals surface area contributed by atoms with Gasteiger partial charge in [0.15, 0.2) is 0 Å². The third kappa shape index (κ3) is 6.54. The van der Waals surface area contributed by atoms with Crippen LogP contribution in [0.4, 0.5) is 4.79 Å². The molecule has 0 aliphatic rings. The molecule has 0 fully saturated rings. The molecule has 1 aromatic carbocycles. The number of aliphatic hydroxyl groups is 1. The number of ether oxygens (including phenoxy) is 1. The SMILES string of the molecule is CC(C)NC(=O)N(C)CC(O)COCc1ccccc1. The first-order valence-electron chi connectivity index (χ1n) is 6.80. The number of rotatable bonds is 7. The van der Waals surface area contributed by atoms with Crippen molar-refractivity contribution in [2.24, 2.45) is 0 Å². The van der Waals surface area contributed by atoms with E-state index in [1.54, 1.807) is 7.05 Å². The van der Waals surface area contributed by atoms with Crippen LogP contribution in [0.25, 0.3) is 0 Å². The second kappa shape index (κ2) is 8.55. The number of likely N-dealkylation sites (N-methyl/N-ethyl adjacent to an activating group) is 1. The van der Waals surface area contributed by atoms with E-state index in [2.05, 4.69) is 5.32 Å². The summed E-state index contributed by atoms with van der Waals surface area (Å²) in [7, 11) is 1.65. The fraction of sp³-hybridized carbons (Fsp3) is 0.533. The van der Waals surface area contributed by atoms with Crippen LogP contribution in [0, 0.1) is 0 Å². The van der Waals surface area contributed by atoms with Crippen LogP contribution in [0.3, 0.4) is 0 Å². The minimum absolute atomic E-state index is 0.0800. The lowest BCUT2D eigenvalue weighted by atomic mass is 10.2. The van der Waals surface area contributed by atoms with Gasteiger partial charge in [0, 0.05) is 13.1 Å². The quantitative estimate of drug-likeness (QED) is 0.797. The number of aliphatic hydroxyl groups excluding tert-OH is 1. The topological polar surface area (TPSA) is 61.8 Å². The molecule has 0 saturated heterocycles. The predicted octanol–water partition coefficient (Wildman–Crippen LogP) is 1.61. The number of carbonyl (C=O) groups is 1. The Labute approximate surface area is 120 Å². The van der Waals surface area contributed by atoms with Crippen molar-refractivity contribution < 1.29 is 14.6 Å². The maximum atomic E-state index is 11.6. The number of nitrogens with zero attached hydrogens (tertiary/aromatic N) is 1. The van der Waals surface area contributed by atoms with Crippen molar-refractivity contribution in [3.8, 4) is 0 Å². The normalized spacial score (nSPS) is 12.2. The summed E-state index contributed by atoms with van der Waals surface area (Å²) in [5, 5.41) is 12.6. The minimum Gasteiger partial charge on any atom is -0.389 e. The summed E-state index contributed by atoms with van der Waals surface area (Å²) in [6.45, 7) is 4.69. The Morgan fingerprint density at radius 3 is 2.60 bits per heavy atom. The summed E-state index contributed by atoms with van der Waals surface area (Å²) in [5.74, 6) is 0. The number of carbonyl (C=O) groups excluding carboxylic acids is 1. The van der Waals surface area contributed by atoms with Gasteiger partial charge in [-0.3, -0.25) is 0 Å². The molecule has 2 N–H and O–H groups in total. The zero-order valence-corrected chi connectivity index (χ0v) is 12.4. The average Bonchev–Trinajstić information content (AvgIpc) is 2.39. The lowest BCUT2D eigenvalue weighted by molar-refractivity contribution is 0.0180. The van der Waals surface area contributed by atoms with Crippen LogP contribution in [-0.2, 0) is 11.3 Å². The van der Waals surface area contributed by atoms with Gasteiger partial charge in [0.2, 0.25) is 0 Å². The third-order valence-electron chi connectivity index (χ3n) is 2.67. The Hall–Kier alpha value is -1.59. The molecule has 0 radical (unpaired) electrons. The molecule has 1 atom stereocenters. The van der Waals surface area contributed by atoms with Gasteiger partial charge >= 0.3 is 6.03 Å². The first kappa shape index (κ1) is 16.5. The van der Waals surface area contributed by atoms with Gasteiger partial charge in [-0.05, 0) is 19.4 Å². The second-order valence-corrected chi connectivity index (χ2v) is 5.14. The molecule has 0 heterocycles. The van der Waals surface area contributed by atoms with Crippen LogP contribution in [0.2, 0.25) is 0 Å². The first-order chi connectivity index (χ1) is 9.49. The summed E-state index contributed by atoms with van der Waals surface area (Å²) in [4.78, 5) is 13.1. The molecule has 112 valence electrons. The highest BCUT2D eigenvalue weighted by Crippen LogP contribution is 2.01.